The standard InChI is InChI=1S/C15H19NO2/c1-11-4-3-5-14(10-11)15(18)16-8-6-13(7-9-16)12(2)17/h3-5,10,13H,6-9H2,1-2H3. The molecule has 1 fully saturated rings. The average molecular weight is 245 g/mol. The molecule has 0 unspecified atom stereocenters. The van der Waals surface area contributed by atoms with Gasteiger partial charge in [-0.1, -0.05) is 17.7 Å². The van der Waals surface area contributed by atoms with Gasteiger partial charge in [-0.25, -0.2) is 0 Å². The molecule has 0 saturated carbocycles. The van der Waals surface area contributed by atoms with Gasteiger partial charge in [-0.2, -0.15) is 0 Å². The van der Waals surface area contributed by atoms with Crippen molar-refractivity contribution in [2.24, 2.45) is 5.92 Å². The van der Waals surface area contributed by atoms with E-state index in [9.17, 15) is 9.59 Å². The summed E-state index contributed by atoms with van der Waals surface area (Å²) in [5.74, 6) is 0.477. The van der Waals surface area contributed by atoms with E-state index in [1.54, 1.807) is 6.92 Å². The first-order valence-electron chi connectivity index (χ1n) is 6.44. The topological polar surface area (TPSA) is 37.4 Å². The van der Waals surface area contributed by atoms with Crippen LogP contribution < -0.4 is 0 Å². The Labute approximate surface area is 108 Å². The van der Waals surface area contributed by atoms with Crippen molar-refractivity contribution in [3.63, 3.8) is 0 Å². The third kappa shape index (κ3) is 2.78. The fourth-order valence-corrected chi connectivity index (χ4v) is 2.45. The van der Waals surface area contributed by atoms with Crippen molar-refractivity contribution in [2.45, 2.75) is 26.7 Å². The van der Waals surface area contributed by atoms with Crippen molar-refractivity contribution < 1.29 is 9.59 Å². The van der Waals surface area contributed by atoms with Crippen molar-refractivity contribution >= 4 is 11.7 Å². The van der Waals surface area contributed by atoms with Gasteiger partial charge in [-0.05, 0) is 38.8 Å². The molecule has 1 aliphatic rings. The number of hydrogen-bond acceptors (Lipinski definition) is 2. The van der Waals surface area contributed by atoms with E-state index in [1.807, 2.05) is 36.1 Å². The Kier molecular flexibility index (Phi) is 3.80. The lowest BCUT2D eigenvalue weighted by atomic mass is 9.93. The van der Waals surface area contributed by atoms with Crippen LogP contribution in [0.3, 0.4) is 0 Å². The number of nitrogens with zero attached hydrogens (tertiary/aromatic N) is 1. The molecule has 0 atom stereocenters. The van der Waals surface area contributed by atoms with Crippen LogP contribution in [0.1, 0.15) is 35.7 Å². The lowest BCUT2D eigenvalue weighted by molar-refractivity contribution is -0.121. The minimum absolute atomic E-state index is 0.0840. The minimum atomic E-state index is 0.0840. The van der Waals surface area contributed by atoms with Crippen molar-refractivity contribution in [3.8, 4) is 0 Å². The molecule has 2 rings (SSSR count). The summed E-state index contributed by atoms with van der Waals surface area (Å²) < 4.78 is 0. The number of amides is 1. The molecule has 0 aliphatic carbocycles. The Balaban J connectivity index is 2.02. The molecule has 18 heavy (non-hydrogen) atoms. The SMILES string of the molecule is CC(=O)C1CCN(C(=O)c2cccc(C)c2)CC1. The number of piperidine rings is 1. The number of aryl methyl sites for hydroxylation is 1. The smallest absolute Gasteiger partial charge is 0.253 e. The fraction of sp³-hybridized carbons (Fsp3) is 0.467. The monoisotopic (exact) mass is 245 g/mol. The number of benzene rings is 1. The molecule has 0 spiro atoms. The summed E-state index contributed by atoms with van der Waals surface area (Å²) in [5.41, 5.74) is 1.84. The molecule has 0 N–H and O–H groups in total. The van der Waals surface area contributed by atoms with Crippen LogP contribution in [0.15, 0.2) is 24.3 Å². The van der Waals surface area contributed by atoms with E-state index in [-0.39, 0.29) is 17.6 Å². The largest absolute Gasteiger partial charge is 0.339 e. The molecule has 1 heterocycles. The zero-order valence-corrected chi connectivity index (χ0v) is 11.0. The van der Waals surface area contributed by atoms with Crippen molar-refractivity contribution in [3.05, 3.63) is 35.4 Å². The molecule has 1 aromatic rings. The van der Waals surface area contributed by atoms with Crippen LogP contribution >= 0.6 is 0 Å². The normalized spacial score (nSPS) is 16.7. The summed E-state index contributed by atoms with van der Waals surface area (Å²) in [6, 6.07) is 7.66. The van der Waals surface area contributed by atoms with Gasteiger partial charge in [-0.3, -0.25) is 9.59 Å². The number of likely N-dealkylation sites (tertiary alicyclic amines) is 1. The van der Waals surface area contributed by atoms with Gasteiger partial charge in [0, 0.05) is 24.6 Å². The highest BCUT2D eigenvalue weighted by Crippen LogP contribution is 2.20. The zero-order chi connectivity index (χ0) is 13.1. The Morgan fingerprint density at radius 1 is 1.22 bits per heavy atom. The van der Waals surface area contributed by atoms with Gasteiger partial charge in [-0.15, -0.1) is 0 Å². The first kappa shape index (κ1) is 12.8. The van der Waals surface area contributed by atoms with Crippen LogP contribution in [-0.2, 0) is 4.79 Å². The number of ketones is 1. The Morgan fingerprint density at radius 2 is 1.89 bits per heavy atom. The predicted molar refractivity (Wildman–Crippen MR) is 70.5 cm³/mol. The molecule has 0 radical (unpaired) electrons. The van der Waals surface area contributed by atoms with E-state index >= 15 is 0 Å². The van der Waals surface area contributed by atoms with Crippen LogP contribution in [0.25, 0.3) is 0 Å². The van der Waals surface area contributed by atoms with E-state index < -0.39 is 0 Å². The number of hydrogen-bond donors (Lipinski definition) is 0. The first-order valence-corrected chi connectivity index (χ1v) is 6.44. The number of carbonyl (C=O) groups is 2. The molecule has 3 heteroatoms. The highest BCUT2D eigenvalue weighted by Gasteiger charge is 2.25. The van der Waals surface area contributed by atoms with E-state index in [1.165, 1.54) is 0 Å². The second-order valence-corrected chi connectivity index (χ2v) is 5.05. The zero-order valence-electron chi connectivity index (χ0n) is 11.0. The summed E-state index contributed by atoms with van der Waals surface area (Å²) in [7, 11) is 0. The maximum absolute atomic E-state index is 12.3. The number of carbonyl (C=O) groups excluding carboxylic acids is 2. The van der Waals surface area contributed by atoms with Gasteiger partial charge in [0.05, 0.1) is 0 Å². The first-order chi connectivity index (χ1) is 8.58. The van der Waals surface area contributed by atoms with E-state index in [0.29, 0.717) is 13.1 Å². The maximum Gasteiger partial charge on any atom is 0.253 e. The molecule has 1 amide bonds. The molecule has 1 aliphatic heterocycles. The van der Waals surface area contributed by atoms with Crippen molar-refractivity contribution in [2.75, 3.05) is 13.1 Å². The molecule has 1 aromatic carbocycles. The van der Waals surface area contributed by atoms with Gasteiger partial charge in [0.25, 0.3) is 5.91 Å². The molecule has 0 aromatic heterocycles. The summed E-state index contributed by atoms with van der Waals surface area (Å²) in [6.07, 6.45) is 1.60. The highest BCUT2D eigenvalue weighted by atomic mass is 16.2. The van der Waals surface area contributed by atoms with Crippen LogP contribution in [0.4, 0.5) is 0 Å². The lowest BCUT2D eigenvalue weighted by Crippen LogP contribution is -2.39. The van der Waals surface area contributed by atoms with Gasteiger partial charge in [0.1, 0.15) is 5.78 Å². The third-order valence-corrected chi connectivity index (χ3v) is 3.62. The quantitative estimate of drug-likeness (QED) is 0.802. The summed E-state index contributed by atoms with van der Waals surface area (Å²) in [4.78, 5) is 25.4. The summed E-state index contributed by atoms with van der Waals surface area (Å²) in [5, 5.41) is 0. The van der Waals surface area contributed by atoms with E-state index in [0.717, 1.165) is 24.0 Å². The maximum atomic E-state index is 12.3. The average Bonchev–Trinajstić information content (AvgIpc) is 2.38. The second kappa shape index (κ2) is 5.34. The Morgan fingerprint density at radius 3 is 2.44 bits per heavy atom. The molecule has 1 saturated heterocycles. The van der Waals surface area contributed by atoms with Crippen LogP contribution in [0.5, 0.6) is 0 Å². The van der Waals surface area contributed by atoms with Crippen LogP contribution in [0.2, 0.25) is 0 Å². The molecule has 0 bridgehead atoms. The Bertz CT molecular complexity index is 459. The number of rotatable bonds is 2. The third-order valence-electron chi connectivity index (χ3n) is 3.62. The van der Waals surface area contributed by atoms with Crippen molar-refractivity contribution in [1.29, 1.82) is 0 Å². The Hall–Kier alpha value is -1.64. The molecule has 96 valence electrons. The van der Waals surface area contributed by atoms with E-state index in [4.69, 9.17) is 0 Å². The van der Waals surface area contributed by atoms with Gasteiger partial charge in [0.2, 0.25) is 0 Å². The summed E-state index contributed by atoms with van der Waals surface area (Å²) >= 11 is 0. The van der Waals surface area contributed by atoms with Gasteiger partial charge < -0.3 is 4.90 Å². The van der Waals surface area contributed by atoms with Crippen LogP contribution in [0, 0.1) is 12.8 Å². The van der Waals surface area contributed by atoms with Crippen LogP contribution in [-0.4, -0.2) is 29.7 Å². The summed E-state index contributed by atoms with van der Waals surface area (Å²) in [6.45, 7) is 5.01. The minimum Gasteiger partial charge on any atom is -0.339 e. The van der Waals surface area contributed by atoms with Gasteiger partial charge >= 0.3 is 0 Å². The predicted octanol–water partition coefficient (Wildman–Crippen LogP) is 2.44. The molecular weight excluding hydrogens is 226 g/mol. The van der Waals surface area contributed by atoms with E-state index in [2.05, 4.69) is 0 Å². The van der Waals surface area contributed by atoms with Crippen molar-refractivity contribution in [1.82, 2.24) is 4.90 Å². The lowest BCUT2D eigenvalue weighted by Gasteiger charge is -2.31. The highest BCUT2D eigenvalue weighted by molar-refractivity contribution is 5.94. The molecule has 3 nitrogen and oxygen atoms in total. The fourth-order valence-electron chi connectivity index (χ4n) is 2.45. The number of Topliss-reactive ketones (excluding diaryl/α,β-unsaturated/α-hetero) is 1. The molecular formula is C15H19NO2. The van der Waals surface area contributed by atoms with Gasteiger partial charge in [0.15, 0.2) is 0 Å². The second-order valence-electron chi connectivity index (χ2n) is 5.05.